The molecule has 3 heteroatoms. The van der Waals surface area contributed by atoms with Crippen molar-refractivity contribution in [1.29, 1.82) is 0 Å². The van der Waals surface area contributed by atoms with Crippen LogP contribution in [0.5, 0.6) is 0 Å². The predicted molar refractivity (Wildman–Crippen MR) is 86.1 cm³/mol. The van der Waals surface area contributed by atoms with E-state index in [1.807, 2.05) is 6.92 Å². The number of nitrogens with zero attached hydrogens (tertiary/aromatic N) is 1. The van der Waals surface area contributed by atoms with E-state index in [9.17, 15) is 0 Å². The van der Waals surface area contributed by atoms with E-state index >= 15 is 0 Å². The molecule has 0 heterocycles. The van der Waals surface area contributed by atoms with E-state index in [-0.39, 0.29) is 0 Å². The Balaban J connectivity index is 2.45. The normalized spacial score (nSPS) is 12.8. The largest absolute Gasteiger partial charge is 0.380 e. The lowest BCUT2D eigenvalue weighted by Crippen LogP contribution is -2.32. The van der Waals surface area contributed by atoms with Crippen LogP contribution in [0, 0.1) is 0 Å². The van der Waals surface area contributed by atoms with Crippen molar-refractivity contribution in [3.8, 4) is 0 Å². The van der Waals surface area contributed by atoms with Gasteiger partial charge in [0.25, 0.3) is 0 Å². The SMILES string of the molecule is CCNC(CCN(CC)CCOCC)c1ccccc1. The van der Waals surface area contributed by atoms with Crippen LogP contribution >= 0.6 is 0 Å². The summed E-state index contributed by atoms with van der Waals surface area (Å²) in [5, 5.41) is 3.59. The first-order chi connectivity index (χ1) is 9.81. The number of hydrogen-bond acceptors (Lipinski definition) is 3. The molecule has 114 valence electrons. The van der Waals surface area contributed by atoms with Crippen molar-refractivity contribution in [2.45, 2.75) is 33.2 Å². The molecule has 0 aliphatic carbocycles. The summed E-state index contributed by atoms with van der Waals surface area (Å²) in [5.74, 6) is 0. The lowest BCUT2D eigenvalue weighted by atomic mass is 10.0. The summed E-state index contributed by atoms with van der Waals surface area (Å²) in [5.41, 5.74) is 1.38. The lowest BCUT2D eigenvalue weighted by molar-refractivity contribution is 0.113. The van der Waals surface area contributed by atoms with E-state index in [1.165, 1.54) is 5.56 Å². The van der Waals surface area contributed by atoms with Gasteiger partial charge < -0.3 is 15.0 Å². The fourth-order valence-corrected chi connectivity index (χ4v) is 2.40. The van der Waals surface area contributed by atoms with E-state index in [0.717, 1.165) is 45.8 Å². The number of nitrogens with one attached hydrogen (secondary N) is 1. The maximum absolute atomic E-state index is 5.45. The third-order valence-electron chi connectivity index (χ3n) is 3.59. The Morgan fingerprint density at radius 1 is 1.10 bits per heavy atom. The van der Waals surface area contributed by atoms with Crippen molar-refractivity contribution in [2.75, 3.05) is 39.4 Å². The van der Waals surface area contributed by atoms with Crippen LogP contribution in [0.4, 0.5) is 0 Å². The van der Waals surface area contributed by atoms with Crippen molar-refractivity contribution in [1.82, 2.24) is 10.2 Å². The summed E-state index contributed by atoms with van der Waals surface area (Å²) in [6.07, 6.45) is 1.14. The average molecular weight is 278 g/mol. The highest BCUT2D eigenvalue weighted by molar-refractivity contribution is 5.18. The molecule has 1 unspecified atom stereocenters. The Labute approximate surface area is 124 Å². The van der Waals surface area contributed by atoms with Crippen LogP contribution in [-0.2, 0) is 4.74 Å². The van der Waals surface area contributed by atoms with Gasteiger partial charge in [0.15, 0.2) is 0 Å². The van der Waals surface area contributed by atoms with Crippen LogP contribution in [0.2, 0.25) is 0 Å². The second kappa shape index (κ2) is 10.8. The quantitative estimate of drug-likeness (QED) is 0.630. The number of hydrogen-bond donors (Lipinski definition) is 1. The molecule has 0 aliphatic heterocycles. The Morgan fingerprint density at radius 3 is 2.45 bits per heavy atom. The summed E-state index contributed by atoms with van der Waals surface area (Å²) in [6, 6.07) is 11.2. The molecule has 0 fully saturated rings. The molecular weight excluding hydrogens is 248 g/mol. The minimum Gasteiger partial charge on any atom is -0.380 e. The van der Waals surface area contributed by atoms with Gasteiger partial charge in [-0.3, -0.25) is 0 Å². The Kier molecular flexibility index (Phi) is 9.29. The molecule has 0 saturated carbocycles. The number of benzene rings is 1. The molecule has 20 heavy (non-hydrogen) atoms. The van der Waals surface area contributed by atoms with Gasteiger partial charge >= 0.3 is 0 Å². The van der Waals surface area contributed by atoms with Gasteiger partial charge in [0.05, 0.1) is 6.61 Å². The topological polar surface area (TPSA) is 24.5 Å². The van der Waals surface area contributed by atoms with Crippen molar-refractivity contribution in [2.24, 2.45) is 0 Å². The van der Waals surface area contributed by atoms with Crippen molar-refractivity contribution in [3.05, 3.63) is 35.9 Å². The number of likely N-dealkylation sites (N-methyl/N-ethyl adjacent to an activating group) is 1. The molecule has 0 radical (unpaired) electrons. The summed E-state index contributed by atoms with van der Waals surface area (Å²) in [7, 11) is 0. The first-order valence-electron chi connectivity index (χ1n) is 7.90. The zero-order valence-electron chi connectivity index (χ0n) is 13.3. The van der Waals surface area contributed by atoms with Crippen LogP contribution in [0.3, 0.4) is 0 Å². The Morgan fingerprint density at radius 2 is 1.85 bits per heavy atom. The Bertz CT molecular complexity index is 329. The van der Waals surface area contributed by atoms with Gasteiger partial charge in [0, 0.05) is 25.7 Å². The third kappa shape index (κ3) is 6.51. The van der Waals surface area contributed by atoms with Crippen LogP contribution in [0.25, 0.3) is 0 Å². The lowest BCUT2D eigenvalue weighted by Gasteiger charge is -2.24. The van der Waals surface area contributed by atoms with Gasteiger partial charge in [-0.25, -0.2) is 0 Å². The van der Waals surface area contributed by atoms with Crippen molar-refractivity contribution in [3.63, 3.8) is 0 Å². The minimum absolute atomic E-state index is 0.447. The van der Waals surface area contributed by atoms with E-state index in [2.05, 4.69) is 54.4 Å². The molecule has 0 aromatic heterocycles. The van der Waals surface area contributed by atoms with E-state index in [1.54, 1.807) is 0 Å². The minimum atomic E-state index is 0.447. The monoisotopic (exact) mass is 278 g/mol. The van der Waals surface area contributed by atoms with E-state index < -0.39 is 0 Å². The predicted octanol–water partition coefficient (Wildman–Crippen LogP) is 3.09. The highest BCUT2D eigenvalue weighted by Gasteiger charge is 2.11. The molecule has 0 bridgehead atoms. The smallest absolute Gasteiger partial charge is 0.0593 e. The summed E-state index contributed by atoms with van der Waals surface area (Å²) < 4.78 is 5.45. The molecule has 1 aromatic carbocycles. The van der Waals surface area contributed by atoms with Gasteiger partial charge in [-0.15, -0.1) is 0 Å². The second-order valence-corrected chi connectivity index (χ2v) is 4.94. The molecule has 0 saturated heterocycles. The molecule has 1 N–H and O–H groups in total. The molecule has 0 spiro atoms. The van der Waals surface area contributed by atoms with Crippen LogP contribution in [0.1, 0.15) is 38.8 Å². The molecule has 1 atom stereocenters. The molecule has 0 aliphatic rings. The van der Waals surface area contributed by atoms with Crippen LogP contribution in [0.15, 0.2) is 30.3 Å². The summed E-state index contributed by atoms with van der Waals surface area (Å²) >= 11 is 0. The fourth-order valence-electron chi connectivity index (χ4n) is 2.40. The number of ether oxygens (including phenoxy) is 1. The first-order valence-corrected chi connectivity index (χ1v) is 7.90. The zero-order valence-corrected chi connectivity index (χ0v) is 13.3. The van der Waals surface area contributed by atoms with Gasteiger partial charge in [0.1, 0.15) is 0 Å². The van der Waals surface area contributed by atoms with Crippen LogP contribution in [-0.4, -0.2) is 44.3 Å². The van der Waals surface area contributed by atoms with E-state index in [4.69, 9.17) is 4.74 Å². The molecule has 3 nitrogen and oxygen atoms in total. The second-order valence-electron chi connectivity index (χ2n) is 4.94. The maximum Gasteiger partial charge on any atom is 0.0593 e. The zero-order chi connectivity index (χ0) is 14.6. The van der Waals surface area contributed by atoms with Gasteiger partial charge in [-0.1, -0.05) is 44.2 Å². The van der Waals surface area contributed by atoms with Crippen LogP contribution < -0.4 is 5.32 Å². The number of rotatable bonds is 11. The standard InChI is InChI=1S/C17H30N2O/c1-4-18-17(16-10-8-7-9-11-16)12-13-19(5-2)14-15-20-6-3/h7-11,17-18H,4-6,12-15H2,1-3H3. The van der Waals surface area contributed by atoms with Crippen molar-refractivity contribution < 1.29 is 4.74 Å². The molecule has 0 amide bonds. The summed E-state index contributed by atoms with van der Waals surface area (Å²) in [4.78, 5) is 2.46. The van der Waals surface area contributed by atoms with Gasteiger partial charge in [-0.05, 0) is 32.0 Å². The first kappa shape index (κ1) is 17.2. The van der Waals surface area contributed by atoms with Gasteiger partial charge in [-0.2, -0.15) is 0 Å². The average Bonchev–Trinajstić information content (AvgIpc) is 2.50. The maximum atomic E-state index is 5.45. The Hall–Kier alpha value is -0.900. The fraction of sp³-hybridized carbons (Fsp3) is 0.647. The van der Waals surface area contributed by atoms with Gasteiger partial charge in [0.2, 0.25) is 0 Å². The molecular formula is C17H30N2O. The summed E-state index contributed by atoms with van der Waals surface area (Å²) in [6.45, 7) is 12.3. The van der Waals surface area contributed by atoms with Crippen molar-refractivity contribution >= 4 is 0 Å². The molecule has 1 aromatic rings. The highest BCUT2D eigenvalue weighted by atomic mass is 16.5. The molecule has 1 rings (SSSR count). The van der Waals surface area contributed by atoms with E-state index in [0.29, 0.717) is 6.04 Å². The highest BCUT2D eigenvalue weighted by Crippen LogP contribution is 2.16. The third-order valence-corrected chi connectivity index (χ3v) is 3.59.